The first-order chi connectivity index (χ1) is 12.5. The van der Waals surface area contributed by atoms with Crippen molar-refractivity contribution in [3.63, 3.8) is 0 Å². The molecular formula is C19H18FN3OS2. The molecule has 0 saturated carbocycles. The van der Waals surface area contributed by atoms with Crippen molar-refractivity contribution < 1.29 is 9.18 Å². The largest absolute Gasteiger partial charge is 0.323 e. The van der Waals surface area contributed by atoms with Gasteiger partial charge in [-0.1, -0.05) is 23.9 Å². The zero-order valence-electron chi connectivity index (χ0n) is 14.5. The van der Waals surface area contributed by atoms with Crippen LogP contribution in [0.2, 0.25) is 0 Å². The summed E-state index contributed by atoms with van der Waals surface area (Å²) in [6, 6.07) is 6.19. The third-order valence-corrected chi connectivity index (χ3v) is 6.70. The maximum absolute atomic E-state index is 13.8. The molecule has 1 atom stereocenters. The third kappa shape index (κ3) is 3.21. The van der Waals surface area contributed by atoms with E-state index in [1.54, 1.807) is 29.5 Å². The summed E-state index contributed by atoms with van der Waals surface area (Å²) in [7, 11) is 0. The molecule has 0 spiro atoms. The average Bonchev–Trinajstić information content (AvgIpc) is 3.17. The Kier molecular flexibility index (Phi) is 4.67. The molecule has 2 heterocycles. The Labute approximate surface area is 159 Å². The van der Waals surface area contributed by atoms with Crippen molar-refractivity contribution in [1.29, 1.82) is 0 Å². The molecule has 0 saturated heterocycles. The molecule has 0 unspecified atom stereocenters. The van der Waals surface area contributed by atoms with Gasteiger partial charge in [-0.15, -0.1) is 11.3 Å². The number of nitrogens with zero attached hydrogens (tertiary/aromatic N) is 2. The first-order valence-corrected chi connectivity index (χ1v) is 10.2. The van der Waals surface area contributed by atoms with Gasteiger partial charge in [0.15, 0.2) is 0 Å². The SMILES string of the molecule is Cc1nc(S[C@H](C)C(=O)Nc2ccccc2F)c2c3c(sc2n1)CCC3. The van der Waals surface area contributed by atoms with Gasteiger partial charge in [0.05, 0.1) is 10.9 Å². The zero-order chi connectivity index (χ0) is 18.3. The molecule has 0 fully saturated rings. The van der Waals surface area contributed by atoms with Gasteiger partial charge in [-0.05, 0) is 50.8 Å². The molecule has 1 aliphatic rings. The minimum atomic E-state index is -0.436. The maximum Gasteiger partial charge on any atom is 0.237 e. The number of para-hydroxylation sites is 1. The van der Waals surface area contributed by atoms with Gasteiger partial charge in [0, 0.05) is 10.3 Å². The summed E-state index contributed by atoms with van der Waals surface area (Å²) in [6.07, 6.45) is 3.31. The van der Waals surface area contributed by atoms with E-state index in [1.165, 1.54) is 34.7 Å². The van der Waals surface area contributed by atoms with Crippen LogP contribution in [0.3, 0.4) is 0 Å². The van der Waals surface area contributed by atoms with E-state index in [9.17, 15) is 9.18 Å². The summed E-state index contributed by atoms with van der Waals surface area (Å²) in [4.78, 5) is 24.1. The van der Waals surface area contributed by atoms with Crippen molar-refractivity contribution in [3.8, 4) is 0 Å². The summed E-state index contributed by atoms with van der Waals surface area (Å²) in [5, 5.41) is 4.22. The molecule has 0 aliphatic heterocycles. The summed E-state index contributed by atoms with van der Waals surface area (Å²) in [6.45, 7) is 3.69. The van der Waals surface area contributed by atoms with Gasteiger partial charge in [0.1, 0.15) is 21.5 Å². The topological polar surface area (TPSA) is 54.9 Å². The minimum absolute atomic E-state index is 0.199. The van der Waals surface area contributed by atoms with Crippen LogP contribution in [0.25, 0.3) is 10.2 Å². The van der Waals surface area contributed by atoms with Gasteiger partial charge in [-0.25, -0.2) is 14.4 Å². The Bertz CT molecular complexity index is 1000. The molecule has 2 aromatic heterocycles. The normalized spacial score (nSPS) is 14.4. The number of thioether (sulfide) groups is 1. The van der Waals surface area contributed by atoms with E-state index in [-0.39, 0.29) is 11.6 Å². The second-order valence-corrected chi connectivity index (χ2v) is 8.76. The van der Waals surface area contributed by atoms with Gasteiger partial charge in [-0.3, -0.25) is 4.79 Å². The lowest BCUT2D eigenvalue weighted by Gasteiger charge is -2.13. The van der Waals surface area contributed by atoms with Crippen molar-refractivity contribution in [2.24, 2.45) is 0 Å². The van der Waals surface area contributed by atoms with E-state index < -0.39 is 11.1 Å². The number of carbonyl (C=O) groups is 1. The van der Waals surface area contributed by atoms with Crippen LogP contribution >= 0.6 is 23.1 Å². The van der Waals surface area contributed by atoms with Crippen molar-refractivity contribution in [2.75, 3.05) is 5.32 Å². The number of halogens is 1. The van der Waals surface area contributed by atoms with E-state index in [0.29, 0.717) is 5.82 Å². The summed E-state index contributed by atoms with van der Waals surface area (Å²) in [5.41, 5.74) is 1.54. The molecule has 4 rings (SSSR count). The first kappa shape index (κ1) is 17.4. The lowest BCUT2D eigenvalue weighted by Crippen LogP contribution is -2.23. The molecule has 1 amide bonds. The molecule has 1 aliphatic carbocycles. The van der Waals surface area contributed by atoms with E-state index in [0.717, 1.165) is 28.1 Å². The molecule has 7 heteroatoms. The second kappa shape index (κ2) is 6.96. The van der Waals surface area contributed by atoms with Crippen molar-refractivity contribution in [1.82, 2.24) is 9.97 Å². The fourth-order valence-electron chi connectivity index (χ4n) is 3.17. The number of carbonyl (C=O) groups excluding carboxylic acids is 1. The van der Waals surface area contributed by atoms with Gasteiger partial charge < -0.3 is 5.32 Å². The number of anilines is 1. The van der Waals surface area contributed by atoms with Crippen LogP contribution in [0, 0.1) is 12.7 Å². The van der Waals surface area contributed by atoms with E-state index in [1.807, 2.05) is 13.8 Å². The highest BCUT2D eigenvalue weighted by Gasteiger charge is 2.24. The van der Waals surface area contributed by atoms with E-state index >= 15 is 0 Å². The predicted octanol–water partition coefficient (Wildman–Crippen LogP) is 4.75. The minimum Gasteiger partial charge on any atom is -0.323 e. The zero-order valence-corrected chi connectivity index (χ0v) is 16.1. The molecule has 0 bridgehead atoms. The van der Waals surface area contributed by atoms with Crippen molar-refractivity contribution in [3.05, 3.63) is 46.3 Å². The number of hydrogen-bond donors (Lipinski definition) is 1. The van der Waals surface area contributed by atoms with Crippen LogP contribution in [0.5, 0.6) is 0 Å². The molecule has 134 valence electrons. The third-order valence-electron chi connectivity index (χ3n) is 4.43. The van der Waals surface area contributed by atoms with Crippen LogP contribution in [0.1, 0.15) is 29.6 Å². The van der Waals surface area contributed by atoms with Crippen molar-refractivity contribution in [2.45, 2.75) is 43.4 Å². The number of nitrogens with one attached hydrogen (secondary N) is 1. The first-order valence-electron chi connectivity index (χ1n) is 8.54. The Balaban J connectivity index is 1.60. The highest BCUT2D eigenvalue weighted by molar-refractivity contribution is 8.00. The fourth-order valence-corrected chi connectivity index (χ4v) is 5.56. The van der Waals surface area contributed by atoms with Gasteiger partial charge >= 0.3 is 0 Å². The number of hydrogen-bond acceptors (Lipinski definition) is 5. The molecule has 4 nitrogen and oxygen atoms in total. The predicted molar refractivity (Wildman–Crippen MR) is 105 cm³/mol. The molecule has 0 radical (unpaired) electrons. The standard InChI is InChI=1S/C19H18FN3OS2/c1-10(17(24)23-14-8-4-3-7-13(14)20)25-18-16-12-6-5-9-15(12)26-19(16)22-11(2)21-18/h3-4,7-8,10H,5-6,9H2,1-2H3,(H,23,24)/t10-/m1/s1. The van der Waals surface area contributed by atoms with Crippen molar-refractivity contribution >= 4 is 44.9 Å². The molecule has 3 aromatic rings. The van der Waals surface area contributed by atoms with Gasteiger partial charge in [-0.2, -0.15) is 0 Å². The average molecular weight is 388 g/mol. The van der Waals surface area contributed by atoms with Gasteiger partial charge in [0.25, 0.3) is 0 Å². The van der Waals surface area contributed by atoms with Crippen LogP contribution < -0.4 is 5.32 Å². The van der Waals surface area contributed by atoms with E-state index in [2.05, 4.69) is 15.3 Å². The highest BCUT2D eigenvalue weighted by atomic mass is 32.2. The smallest absolute Gasteiger partial charge is 0.237 e. The number of thiophene rings is 1. The quantitative estimate of drug-likeness (QED) is 0.519. The van der Waals surface area contributed by atoms with Crippen LogP contribution in [-0.2, 0) is 17.6 Å². The fraction of sp³-hybridized carbons (Fsp3) is 0.316. The summed E-state index contributed by atoms with van der Waals surface area (Å²) < 4.78 is 13.8. The molecule has 26 heavy (non-hydrogen) atoms. The van der Waals surface area contributed by atoms with Gasteiger partial charge in [0.2, 0.25) is 5.91 Å². The summed E-state index contributed by atoms with van der Waals surface area (Å²) in [5.74, 6) is 0.0343. The Morgan fingerprint density at radius 2 is 2.12 bits per heavy atom. The second-order valence-electron chi connectivity index (χ2n) is 6.34. The lowest BCUT2D eigenvalue weighted by atomic mass is 10.2. The number of aromatic nitrogens is 2. The van der Waals surface area contributed by atoms with E-state index in [4.69, 9.17) is 0 Å². The Morgan fingerprint density at radius 1 is 1.31 bits per heavy atom. The number of rotatable bonds is 4. The number of aryl methyl sites for hydroxylation is 3. The number of fused-ring (bicyclic) bond motifs is 3. The van der Waals surface area contributed by atoms with Crippen LogP contribution in [-0.4, -0.2) is 21.1 Å². The monoisotopic (exact) mass is 387 g/mol. The molecule has 1 N–H and O–H groups in total. The summed E-state index contributed by atoms with van der Waals surface area (Å²) >= 11 is 3.15. The van der Waals surface area contributed by atoms with Crippen LogP contribution in [0.15, 0.2) is 29.3 Å². The Hall–Kier alpha value is -1.99. The maximum atomic E-state index is 13.8. The number of benzene rings is 1. The highest BCUT2D eigenvalue weighted by Crippen LogP contribution is 2.41. The lowest BCUT2D eigenvalue weighted by molar-refractivity contribution is -0.115. The molecule has 1 aromatic carbocycles. The molecular weight excluding hydrogens is 369 g/mol. The number of amides is 1. The Morgan fingerprint density at radius 3 is 2.92 bits per heavy atom. The van der Waals surface area contributed by atoms with Crippen LogP contribution in [0.4, 0.5) is 10.1 Å².